The van der Waals surface area contributed by atoms with Crippen molar-refractivity contribution in [1.82, 2.24) is 0 Å². The summed E-state index contributed by atoms with van der Waals surface area (Å²) in [6.07, 6.45) is 1.35. The number of ether oxygens (including phenoxy) is 2. The second-order valence-electron chi connectivity index (χ2n) is 7.92. The summed E-state index contributed by atoms with van der Waals surface area (Å²) in [6.45, 7) is 3.54. The van der Waals surface area contributed by atoms with Crippen molar-refractivity contribution in [2.45, 2.75) is 20.5 Å². The summed E-state index contributed by atoms with van der Waals surface area (Å²) in [7, 11) is 0. The Labute approximate surface area is 227 Å². The Morgan fingerprint density at radius 3 is 2.26 bits per heavy atom. The van der Waals surface area contributed by atoms with Gasteiger partial charge in [-0.25, -0.2) is 22.0 Å². The first-order chi connectivity index (χ1) is 18.0. The van der Waals surface area contributed by atoms with Crippen LogP contribution in [0.25, 0.3) is 6.08 Å². The Morgan fingerprint density at radius 1 is 1.00 bits per heavy atom. The predicted molar refractivity (Wildman–Crippen MR) is 136 cm³/mol. The van der Waals surface area contributed by atoms with Crippen LogP contribution < -0.4 is 14.5 Å². The zero-order valence-electron chi connectivity index (χ0n) is 19.7. The maximum atomic E-state index is 14.3. The van der Waals surface area contributed by atoms with Crippen LogP contribution in [0.1, 0.15) is 25.0 Å². The smallest absolute Gasteiger partial charge is 0.280 e. The van der Waals surface area contributed by atoms with Crippen LogP contribution in [-0.2, 0) is 11.4 Å². The number of rotatable bonds is 7. The van der Waals surface area contributed by atoms with Gasteiger partial charge in [-0.2, -0.15) is 10.1 Å². The van der Waals surface area contributed by atoms with E-state index in [9.17, 15) is 26.7 Å². The number of hydrogen-bond acceptors (Lipinski definition) is 4. The molecule has 1 aliphatic rings. The number of benzene rings is 3. The number of carbonyl (C=O) groups excluding carboxylic acids is 1. The highest BCUT2D eigenvalue weighted by molar-refractivity contribution is 9.10. The molecule has 0 radical (unpaired) electrons. The maximum Gasteiger partial charge on any atom is 0.280 e. The second-order valence-corrected chi connectivity index (χ2v) is 9.18. The molecule has 0 bridgehead atoms. The molecular formula is C26H17BrClF5N2O3. The number of halogens is 7. The minimum Gasteiger partial charge on any atom is -0.490 e. The summed E-state index contributed by atoms with van der Waals surface area (Å²) in [5, 5.41) is 4.41. The summed E-state index contributed by atoms with van der Waals surface area (Å²) < 4.78 is 81.6. The Hall–Kier alpha value is -3.44. The van der Waals surface area contributed by atoms with E-state index in [1.165, 1.54) is 13.0 Å². The monoisotopic (exact) mass is 614 g/mol. The van der Waals surface area contributed by atoms with Gasteiger partial charge < -0.3 is 9.47 Å². The van der Waals surface area contributed by atoms with Gasteiger partial charge in [0.2, 0.25) is 5.82 Å². The number of amides is 1. The van der Waals surface area contributed by atoms with Crippen LogP contribution >= 0.6 is 27.5 Å². The Bertz CT molecular complexity index is 1480. The van der Waals surface area contributed by atoms with E-state index in [1.807, 2.05) is 6.07 Å². The highest BCUT2D eigenvalue weighted by Gasteiger charge is 2.37. The summed E-state index contributed by atoms with van der Waals surface area (Å²) in [5.74, 6) is -11.5. The van der Waals surface area contributed by atoms with E-state index in [2.05, 4.69) is 21.0 Å². The van der Waals surface area contributed by atoms with Gasteiger partial charge in [0.25, 0.3) is 5.91 Å². The molecule has 0 N–H and O–H groups in total. The molecule has 0 aromatic heterocycles. The zero-order chi connectivity index (χ0) is 27.7. The predicted octanol–water partition coefficient (Wildman–Crippen LogP) is 7.58. The van der Waals surface area contributed by atoms with Crippen molar-refractivity contribution in [3.63, 3.8) is 0 Å². The van der Waals surface area contributed by atoms with Gasteiger partial charge in [0.05, 0.1) is 22.4 Å². The second kappa shape index (κ2) is 11.1. The first-order valence-electron chi connectivity index (χ1n) is 11.0. The van der Waals surface area contributed by atoms with Crippen LogP contribution in [0.4, 0.5) is 27.6 Å². The molecule has 4 rings (SSSR count). The SMILES string of the molecule is CCOc1cc(/C=C2\C(=O)N(c3c(F)c(F)c(F)c(F)c3F)N=C2C)cc(Br)c1OCc1ccccc1Cl. The summed E-state index contributed by atoms with van der Waals surface area (Å²) >= 11 is 9.61. The van der Waals surface area contributed by atoms with Crippen LogP contribution in [0.5, 0.6) is 11.5 Å². The molecule has 0 unspecified atom stereocenters. The molecule has 3 aromatic carbocycles. The van der Waals surface area contributed by atoms with Crippen LogP contribution in [0.2, 0.25) is 5.02 Å². The van der Waals surface area contributed by atoms with Gasteiger partial charge in [0.15, 0.2) is 34.8 Å². The number of hydrogen-bond donors (Lipinski definition) is 0. The lowest BCUT2D eigenvalue weighted by atomic mass is 10.1. The molecule has 1 heterocycles. The molecule has 0 atom stereocenters. The summed E-state index contributed by atoms with van der Waals surface area (Å²) in [5.41, 5.74) is -0.456. The minimum absolute atomic E-state index is 0.00734. The number of carbonyl (C=O) groups is 1. The highest BCUT2D eigenvalue weighted by Crippen LogP contribution is 2.39. The van der Waals surface area contributed by atoms with Crippen molar-refractivity contribution in [3.8, 4) is 11.5 Å². The Kier molecular flexibility index (Phi) is 8.08. The van der Waals surface area contributed by atoms with Gasteiger partial charge in [0.1, 0.15) is 12.3 Å². The third-order valence-electron chi connectivity index (χ3n) is 5.43. The molecule has 0 saturated heterocycles. The molecular weight excluding hydrogens is 599 g/mol. The first kappa shape index (κ1) is 27.6. The average Bonchev–Trinajstić information content (AvgIpc) is 3.15. The standard InChI is InChI=1S/C26H17BrClF5N2O3/c1-3-37-18-10-13(9-16(27)25(18)38-11-14-6-4-5-7-17(14)28)8-15-12(2)34-35(26(15)36)24-22(32)20(30)19(29)21(31)23(24)33/h4-10H,3,11H2,1-2H3/b15-8-. The van der Waals surface area contributed by atoms with Crippen molar-refractivity contribution in [2.75, 3.05) is 11.6 Å². The molecule has 1 amide bonds. The van der Waals surface area contributed by atoms with E-state index in [-0.39, 0.29) is 29.5 Å². The van der Waals surface area contributed by atoms with E-state index < -0.39 is 40.7 Å². The van der Waals surface area contributed by atoms with Crippen molar-refractivity contribution in [3.05, 3.63) is 91.7 Å². The molecule has 0 spiro atoms. The average molecular weight is 616 g/mol. The van der Waals surface area contributed by atoms with Gasteiger partial charge in [-0.3, -0.25) is 4.79 Å². The Balaban J connectivity index is 1.68. The van der Waals surface area contributed by atoms with Crippen LogP contribution in [0.3, 0.4) is 0 Å². The molecule has 12 heteroatoms. The largest absolute Gasteiger partial charge is 0.490 e. The lowest BCUT2D eigenvalue weighted by molar-refractivity contribution is -0.114. The molecule has 5 nitrogen and oxygen atoms in total. The van der Waals surface area contributed by atoms with E-state index in [0.717, 1.165) is 5.56 Å². The molecule has 0 saturated carbocycles. The van der Waals surface area contributed by atoms with Crippen molar-refractivity contribution in [2.24, 2.45) is 5.10 Å². The third kappa shape index (κ3) is 5.12. The number of anilines is 1. The fourth-order valence-corrected chi connectivity index (χ4v) is 4.39. The maximum absolute atomic E-state index is 14.3. The molecule has 3 aromatic rings. The van der Waals surface area contributed by atoms with Gasteiger partial charge in [0, 0.05) is 10.6 Å². The third-order valence-corrected chi connectivity index (χ3v) is 6.39. The molecule has 0 aliphatic carbocycles. The van der Waals surface area contributed by atoms with Gasteiger partial charge in [-0.15, -0.1) is 0 Å². The summed E-state index contributed by atoms with van der Waals surface area (Å²) in [4.78, 5) is 13.0. The minimum atomic E-state index is -2.34. The first-order valence-corrected chi connectivity index (χ1v) is 12.2. The van der Waals surface area contributed by atoms with E-state index in [1.54, 1.807) is 37.3 Å². The van der Waals surface area contributed by atoms with E-state index in [0.29, 0.717) is 26.6 Å². The fraction of sp³-hybridized carbons (Fsp3) is 0.154. The Morgan fingerprint density at radius 2 is 1.63 bits per heavy atom. The molecule has 198 valence electrons. The zero-order valence-corrected chi connectivity index (χ0v) is 22.1. The molecule has 0 fully saturated rings. The van der Waals surface area contributed by atoms with Gasteiger partial charge >= 0.3 is 0 Å². The topological polar surface area (TPSA) is 51.1 Å². The molecule has 1 aliphatic heterocycles. The molecule has 38 heavy (non-hydrogen) atoms. The number of nitrogens with zero attached hydrogens (tertiary/aromatic N) is 2. The van der Waals surface area contributed by atoms with Crippen LogP contribution in [-0.4, -0.2) is 18.2 Å². The lowest BCUT2D eigenvalue weighted by Crippen LogP contribution is -2.25. The quantitative estimate of drug-likeness (QED) is 0.119. The van der Waals surface area contributed by atoms with Gasteiger partial charge in [-0.1, -0.05) is 29.8 Å². The van der Waals surface area contributed by atoms with Crippen molar-refractivity contribution < 1.29 is 36.2 Å². The van der Waals surface area contributed by atoms with Crippen molar-refractivity contribution in [1.29, 1.82) is 0 Å². The number of hydrazone groups is 1. The van der Waals surface area contributed by atoms with E-state index in [4.69, 9.17) is 21.1 Å². The highest BCUT2D eigenvalue weighted by atomic mass is 79.9. The van der Waals surface area contributed by atoms with Crippen molar-refractivity contribution >= 4 is 50.9 Å². The summed E-state index contributed by atoms with van der Waals surface area (Å²) in [6, 6.07) is 10.3. The van der Waals surface area contributed by atoms with Gasteiger partial charge in [-0.05, 0) is 59.6 Å². The van der Waals surface area contributed by atoms with Crippen LogP contribution in [0, 0.1) is 29.1 Å². The fourth-order valence-electron chi connectivity index (χ4n) is 3.62. The normalized spacial score (nSPS) is 14.3. The lowest BCUT2D eigenvalue weighted by Gasteiger charge is -2.16. The van der Waals surface area contributed by atoms with E-state index >= 15 is 0 Å². The van der Waals surface area contributed by atoms with Crippen LogP contribution in [0.15, 0.2) is 51.5 Å².